The van der Waals surface area contributed by atoms with Crippen molar-refractivity contribution in [1.29, 1.82) is 0 Å². The van der Waals surface area contributed by atoms with Crippen molar-refractivity contribution < 1.29 is 9.59 Å². The maximum absolute atomic E-state index is 12.5. The molecule has 1 fully saturated rings. The summed E-state index contributed by atoms with van der Waals surface area (Å²) in [4.78, 5) is 25.7. The number of hydrogen-bond donors (Lipinski definition) is 1. The van der Waals surface area contributed by atoms with E-state index in [4.69, 9.17) is 0 Å². The van der Waals surface area contributed by atoms with Gasteiger partial charge in [-0.15, -0.1) is 0 Å². The van der Waals surface area contributed by atoms with Gasteiger partial charge in [0, 0.05) is 0 Å². The van der Waals surface area contributed by atoms with Crippen LogP contribution in [0.5, 0.6) is 0 Å². The fourth-order valence-electron chi connectivity index (χ4n) is 2.49. The Morgan fingerprint density at radius 2 is 1.61 bits per heavy atom. The van der Waals surface area contributed by atoms with Gasteiger partial charge in [0.25, 0.3) is 5.91 Å². The normalized spacial score (nSPS) is 16.3. The van der Waals surface area contributed by atoms with E-state index < -0.39 is 6.03 Å². The van der Waals surface area contributed by atoms with Gasteiger partial charge in [0.15, 0.2) is 0 Å². The lowest BCUT2D eigenvalue weighted by Gasteiger charge is -2.10. The first-order valence-electron chi connectivity index (χ1n) is 7.58. The number of nitrogens with one attached hydrogen (secondary N) is 1. The molecule has 0 atom stereocenters. The number of nitrogens with zero attached hydrogens (tertiary/aromatic N) is 1. The molecule has 1 aliphatic rings. The average Bonchev–Trinajstić information content (AvgIpc) is 2.82. The lowest BCUT2D eigenvalue weighted by Crippen LogP contribution is -2.30. The first-order valence-corrected chi connectivity index (χ1v) is 7.58. The molecule has 1 aliphatic heterocycles. The molecule has 0 bridgehead atoms. The number of urea groups is 1. The van der Waals surface area contributed by atoms with Crippen molar-refractivity contribution >= 4 is 23.7 Å². The van der Waals surface area contributed by atoms with Crippen LogP contribution in [0.15, 0.2) is 60.3 Å². The third kappa shape index (κ3) is 3.01. The van der Waals surface area contributed by atoms with E-state index in [0.29, 0.717) is 11.6 Å². The smallest absolute Gasteiger partial charge is 0.302 e. The lowest BCUT2D eigenvalue weighted by molar-refractivity contribution is -0.113. The van der Waals surface area contributed by atoms with Crippen molar-refractivity contribution in [2.45, 2.75) is 19.8 Å². The zero-order chi connectivity index (χ0) is 16.4. The van der Waals surface area contributed by atoms with E-state index in [2.05, 4.69) is 19.2 Å². The number of carbonyl (C=O) groups is 2. The number of amides is 3. The van der Waals surface area contributed by atoms with Crippen LogP contribution >= 0.6 is 0 Å². The van der Waals surface area contributed by atoms with Gasteiger partial charge in [0.2, 0.25) is 0 Å². The number of rotatable bonds is 3. The molecule has 0 aliphatic carbocycles. The van der Waals surface area contributed by atoms with Gasteiger partial charge in [0.1, 0.15) is 5.70 Å². The van der Waals surface area contributed by atoms with Gasteiger partial charge in [-0.2, -0.15) is 0 Å². The zero-order valence-corrected chi connectivity index (χ0v) is 13.1. The van der Waals surface area contributed by atoms with Crippen molar-refractivity contribution in [2.75, 3.05) is 4.90 Å². The first-order chi connectivity index (χ1) is 11.1. The van der Waals surface area contributed by atoms with Gasteiger partial charge in [-0.05, 0) is 35.3 Å². The molecule has 0 unspecified atom stereocenters. The summed E-state index contributed by atoms with van der Waals surface area (Å²) in [6.07, 6.45) is 1.70. The molecular weight excluding hydrogens is 288 g/mol. The minimum absolute atomic E-state index is 0.288. The predicted molar refractivity (Wildman–Crippen MR) is 91.0 cm³/mol. The maximum Gasteiger partial charge on any atom is 0.333 e. The molecular formula is C19H18N2O2. The highest BCUT2D eigenvalue weighted by atomic mass is 16.2. The molecule has 2 aromatic carbocycles. The lowest BCUT2D eigenvalue weighted by atomic mass is 10.0. The average molecular weight is 306 g/mol. The first kappa shape index (κ1) is 15.0. The monoisotopic (exact) mass is 306 g/mol. The van der Waals surface area contributed by atoms with Gasteiger partial charge in [-0.25, -0.2) is 9.69 Å². The number of imide groups is 1. The van der Waals surface area contributed by atoms with Crippen LogP contribution in [0.1, 0.15) is 30.9 Å². The second kappa shape index (κ2) is 6.08. The summed E-state index contributed by atoms with van der Waals surface area (Å²) in [6.45, 7) is 4.26. The molecule has 0 saturated carbocycles. The van der Waals surface area contributed by atoms with Crippen LogP contribution in [0.2, 0.25) is 0 Å². The molecule has 2 aromatic rings. The van der Waals surface area contributed by atoms with E-state index in [9.17, 15) is 9.59 Å². The van der Waals surface area contributed by atoms with Gasteiger partial charge in [0.05, 0.1) is 5.69 Å². The van der Waals surface area contributed by atoms with Crippen LogP contribution in [0.3, 0.4) is 0 Å². The van der Waals surface area contributed by atoms with Gasteiger partial charge < -0.3 is 5.32 Å². The maximum atomic E-state index is 12.5. The predicted octanol–water partition coefficient (Wildman–Crippen LogP) is 3.91. The number of hydrogen-bond acceptors (Lipinski definition) is 2. The van der Waals surface area contributed by atoms with E-state index >= 15 is 0 Å². The van der Waals surface area contributed by atoms with Gasteiger partial charge in [-0.3, -0.25) is 4.79 Å². The summed E-state index contributed by atoms with van der Waals surface area (Å²) in [5.74, 6) is 0.118. The van der Waals surface area contributed by atoms with Crippen LogP contribution < -0.4 is 10.2 Å². The van der Waals surface area contributed by atoms with Crippen LogP contribution in [-0.2, 0) is 4.79 Å². The Kier molecular flexibility index (Phi) is 3.98. The van der Waals surface area contributed by atoms with Crippen molar-refractivity contribution in [2.24, 2.45) is 0 Å². The Morgan fingerprint density at radius 3 is 2.22 bits per heavy atom. The Morgan fingerprint density at radius 1 is 0.957 bits per heavy atom. The Balaban J connectivity index is 1.87. The standard InChI is InChI=1S/C19H18N2O2/c1-13(2)15-10-8-14(9-11-15)12-17-18(22)21(19(23)20-17)16-6-4-3-5-7-16/h3-13H,1-2H3,(H,20,23). The molecule has 1 N–H and O–H groups in total. The van der Waals surface area contributed by atoms with E-state index in [1.54, 1.807) is 30.3 Å². The summed E-state index contributed by atoms with van der Waals surface area (Å²) in [6, 6.07) is 16.4. The van der Waals surface area contributed by atoms with Gasteiger partial charge >= 0.3 is 6.03 Å². The van der Waals surface area contributed by atoms with Gasteiger partial charge in [-0.1, -0.05) is 56.3 Å². The number of anilines is 1. The third-order valence-corrected chi connectivity index (χ3v) is 3.81. The number of benzene rings is 2. The SMILES string of the molecule is CC(C)c1ccc(C=C2NC(=O)N(c3ccccc3)C2=O)cc1. The Hall–Kier alpha value is -2.88. The molecule has 4 heteroatoms. The number of carbonyl (C=O) groups excluding carboxylic acids is 2. The van der Waals surface area contributed by atoms with Crippen molar-refractivity contribution in [1.82, 2.24) is 5.32 Å². The minimum atomic E-state index is -0.425. The second-order valence-electron chi connectivity index (χ2n) is 5.79. The van der Waals surface area contributed by atoms with Crippen molar-refractivity contribution in [3.8, 4) is 0 Å². The zero-order valence-electron chi connectivity index (χ0n) is 13.1. The number of para-hydroxylation sites is 1. The fourth-order valence-corrected chi connectivity index (χ4v) is 2.49. The van der Waals surface area contributed by atoms with Crippen molar-refractivity contribution in [3.63, 3.8) is 0 Å². The Labute approximate surface area is 135 Å². The minimum Gasteiger partial charge on any atom is -0.302 e. The highest BCUT2D eigenvalue weighted by molar-refractivity contribution is 6.28. The van der Waals surface area contributed by atoms with Crippen LogP contribution in [-0.4, -0.2) is 11.9 Å². The molecule has 1 saturated heterocycles. The highest BCUT2D eigenvalue weighted by Crippen LogP contribution is 2.22. The highest BCUT2D eigenvalue weighted by Gasteiger charge is 2.34. The van der Waals surface area contributed by atoms with E-state index in [0.717, 1.165) is 10.5 Å². The molecule has 0 spiro atoms. The van der Waals surface area contributed by atoms with E-state index in [1.807, 2.05) is 30.3 Å². The topological polar surface area (TPSA) is 49.4 Å². The summed E-state index contributed by atoms with van der Waals surface area (Å²) in [5.41, 5.74) is 2.97. The third-order valence-electron chi connectivity index (χ3n) is 3.81. The molecule has 3 rings (SSSR count). The molecule has 116 valence electrons. The van der Waals surface area contributed by atoms with Crippen molar-refractivity contribution in [3.05, 3.63) is 71.4 Å². The summed E-state index contributed by atoms with van der Waals surface area (Å²) in [5, 5.41) is 2.64. The quantitative estimate of drug-likeness (QED) is 0.690. The largest absolute Gasteiger partial charge is 0.333 e. The van der Waals surface area contributed by atoms with Crippen LogP contribution in [0.4, 0.5) is 10.5 Å². The van der Waals surface area contributed by atoms with E-state index in [1.165, 1.54) is 5.56 Å². The molecule has 0 aromatic heterocycles. The second-order valence-corrected chi connectivity index (χ2v) is 5.79. The van der Waals surface area contributed by atoms with Crippen LogP contribution in [0, 0.1) is 0 Å². The van der Waals surface area contributed by atoms with E-state index in [-0.39, 0.29) is 11.6 Å². The Bertz CT molecular complexity index is 762. The summed E-state index contributed by atoms with van der Waals surface area (Å²) in [7, 11) is 0. The molecule has 0 radical (unpaired) electrons. The molecule has 3 amide bonds. The summed E-state index contributed by atoms with van der Waals surface area (Å²) < 4.78 is 0. The molecule has 4 nitrogen and oxygen atoms in total. The molecule has 1 heterocycles. The molecule has 23 heavy (non-hydrogen) atoms. The summed E-state index contributed by atoms with van der Waals surface area (Å²) >= 11 is 0. The van der Waals surface area contributed by atoms with Crippen LogP contribution in [0.25, 0.3) is 6.08 Å². The fraction of sp³-hybridized carbons (Fsp3) is 0.158.